The van der Waals surface area contributed by atoms with Crippen LogP contribution >= 0.6 is 0 Å². The van der Waals surface area contributed by atoms with Gasteiger partial charge < -0.3 is 14.5 Å². The first kappa shape index (κ1) is 15.9. The number of esters is 1. The van der Waals surface area contributed by atoms with Gasteiger partial charge in [0.1, 0.15) is 5.41 Å². The Bertz CT molecular complexity index is 632. The summed E-state index contributed by atoms with van der Waals surface area (Å²) in [6.07, 6.45) is 5.06. The number of benzene rings is 1. The number of para-hydroxylation sites is 1. The zero-order valence-electron chi connectivity index (χ0n) is 15.0. The number of rotatable bonds is 3. The first-order valence-corrected chi connectivity index (χ1v) is 9.30. The van der Waals surface area contributed by atoms with Crippen molar-refractivity contribution in [1.82, 2.24) is 4.90 Å². The van der Waals surface area contributed by atoms with Crippen LogP contribution in [0, 0.1) is 0 Å². The molecule has 0 radical (unpaired) electrons. The lowest BCUT2D eigenvalue weighted by atomic mass is 9.84. The molecule has 3 unspecified atom stereocenters. The van der Waals surface area contributed by atoms with Crippen molar-refractivity contribution in [3.05, 3.63) is 29.8 Å². The van der Waals surface area contributed by atoms with Gasteiger partial charge in [0, 0.05) is 30.4 Å². The molecule has 2 fully saturated rings. The molecule has 1 aromatic rings. The molecule has 3 atom stereocenters. The third-order valence-electron chi connectivity index (χ3n) is 6.53. The van der Waals surface area contributed by atoms with Crippen LogP contribution in [0.5, 0.6) is 0 Å². The summed E-state index contributed by atoms with van der Waals surface area (Å²) in [7, 11) is 2.28. The van der Waals surface area contributed by atoms with Crippen LogP contribution in [-0.2, 0) is 14.9 Å². The summed E-state index contributed by atoms with van der Waals surface area (Å²) in [5.74, 6) is -0.0872. The molecule has 0 amide bonds. The zero-order valence-corrected chi connectivity index (χ0v) is 15.0. The van der Waals surface area contributed by atoms with E-state index in [-0.39, 0.29) is 5.97 Å². The number of hydrogen-bond acceptors (Lipinski definition) is 4. The van der Waals surface area contributed by atoms with Gasteiger partial charge in [0.15, 0.2) is 0 Å². The van der Waals surface area contributed by atoms with Crippen molar-refractivity contribution in [2.24, 2.45) is 0 Å². The Balaban J connectivity index is 1.65. The van der Waals surface area contributed by atoms with Crippen LogP contribution < -0.4 is 4.90 Å². The fourth-order valence-electron chi connectivity index (χ4n) is 5.13. The third-order valence-corrected chi connectivity index (χ3v) is 6.53. The molecular weight excluding hydrogens is 300 g/mol. The Morgan fingerprint density at radius 1 is 1.21 bits per heavy atom. The Hall–Kier alpha value is -1.55. The molecule has 4 nitrogen and oxygen atoms in total. The molecule has 1 aromatic carbocycles. The van der Waals surface area contributed by atoms with Gasteiger partial charge in [-0.25, -0.2) is 0 Å². The highest BCUT2D eigenvalue weighted by Crippen LogP contribution is 2.46. The molecule has 0 aromatic heterocycles. The van der Waals surface area contributed by atoms with Crippen LogP contribution in [-0.4, -0.2) is 49.2 Å². The maximum Gasteiger partial charge on any atom is 0.318 e. The number of fused-ring (bicyclic) bond motifs is 3. The number of carbonyl (C=O) groups is 1. The number of carbonyl (C=O) groups excluding carboxylic acids is 1. The molecule has 0 spiro atoms. The fraction of sp³-hybridized carbons (Fsp3) is 0.650. The normalized spacial score (nSPS) is 35.1. The first-order valence-electron chi connectivity index (χ1n) is 9.30. The quantitative estimate of drug-likeness (QED) is 0.799. The predicted octanol–water partition coefficient (Wildman–Crippen LogP) is 2.95. The molecule has 24 heavy (non-hydrogen) atoms. The van der Waals surface area contributed by atoms with E-state index in [1.807, 2.05) is 19.9 Å². The molecule has 130 valence electrons. The smallest absolute Gasteiger partial charge is 0.318 e. The monoisotopic (exact) mass is 328 g/mol. The molecule has 3 aliphatic heterocycles. The number of hydrogen-bond donors (Lipinski definition) is 0. The maximum atomic E-state index is 12.7. The number of ether oxygens (including phenoxy) is 1. The molecule has 3 heterocycles. The van der Waals surface area contributed by atoms with E-state index in [1.54, 1.807) is 0 Å². The lowest BCUT2D eigenvalue weighted by Crippen LogP contribution is -2.50. The number of nitrogens with zero attached hydrogens (tertiary/aromatic N) is 2. The highest BCUT2D eigenvalue weighted by molar-refractivity contribution is 5.89. The van der Waals surface area contributed by atoms with Gasteiger partial charge in [-0.2, -0.15) is 0 Å². The molecular formula is C20H28N2O2. The third kappa shape index (κ3) is 2.26. The van der Waals surface area contributed by atoms with Gasteiger partial charge in [-0.15, -0.1) is 0 Å². The minimum atomic E-state index is -0.547. The van der Waals surface area contributed by atoms with Gasteiger partial charge in [0.2, 0.25) is 0 Å². The second kappa shape index (κ2) is 5.76. The van der Waals surface area contributed by atoms with Gasteiger partial charge in [0.05, 0.1) is 6.61 Å². The predicted molar refractivity (Wildman–Crippen MR) is 95.4 cm³/mol. The molecule has 0 saturated carbocycles. The minimum absolute atomic E-state index is 0.0872. The van der Waals surface area contributed by atoms with Gasteiger partial charge in [0.25, 0.3) is 0 Å². The molecule has 2 bridgehead atoms. The molecule has 2 saturated heterocycles. The van der Waals surface area contributed by atoms with Crippen molar-refractivity contribution < 1.29 is 9.53 Å². The Kier molecular flexibility index (Phi) is 3.83. The molecule has 3 aliphatic rings. The van der Waals surface area contributed by atoms with Crippen LogP contribution in [0.4, 0.5) is 5.69 Å². The summed E-state index contributed by atoms with van der Waals surface area (Å²) >= 11 is 0. The molecule has 0 N–H and O–H groups in total. The number of anilines is 1. The van der Waals surface area contributed by atoms with Crippen LogP contribution in [0.2, 0.25) is 0 Å². The minimum Gasteiger partial charge on any atom is -0.465 e. The Labute approximate surface area is 144 Å². The Morgan fingerprint density at radius 2 is 1.88 bits per heavy atom. The summed E-state index contributed by atoms with van der Waals surface area (Å²) < 4.78 is 5.42. The number of piperidine rings is 1. The van der Waals surface area contributed by atoms with Gasteiger partial charge >= 0.3 is 5.97 Å². The second-order valence-electron chi connectivity index (χ2n) is 7.87. The molecule has 4 rings (SSSR count). The van der Waals surface area contributed by atoms with E-state index in [1.165, 1.54) is 31.4 Å². The standard InChI is InChI=1S/C20H28N2O2/c1-4-24-19(23)20(2)13-22(18-8-6-5-7-17(18)20)16-11-14-9-10-15(12-16)21(14)3/h5-8,14-16H,4,9-13H2,1-3H3. The topological polar surface area (TPSA) is 32.8 Å². The van der Waals surface area contributed by atoms with Crippen molar-refractivity contribution in [2.45, 2.75) is 63.1 Å². The van der Waals surface area contributed by atoms with E-state index in [0.29, 0.717) is 24.7 Å². The highest BCUT2D eigenvalue weighted by Gasteiger charge is 2.49. The SMILES string of the molecule is CCOC(=O)C1(C)CN(C2CC3CCC(C2)N3C)c2ccccc21. The Morgan fingerprint density at radius 3 is 2.54 bits per heavy atom. The van der Waals surface area contributed by atoms with Crippen LogP contribution in [0.1, 0.15) is 45.1 Å². The lowest BCUT2D eigenvalue weighted by molar-refractivity contribution is -0.148. The van der Waals surface area contributed by atoms with Crippen molar-refractivity contribution >= 4 is 11.7 Å². The van der Waals surface area contributed by atoms with Gasteiger partial charge in [-0.3, -0.25) is 4.79 Å². The maximum absolute atomic E-state index is 12.7. The largest absolute Gasteiger partial charge is 0.465 e. The summed E-state index contributed by atoms with van der Waals surface area (Å²) in [6.45, 7) is 5.12. The summed E-state index contributed by atoms with van der Waals surface area (Å²) in [4.78, 5) is 17.8. The van der Waals surface area contributed by atoms with E-state index in [0.717, 1.165) is 12.1 Å². The molecule has 0 aliphatic carbocycles. The average molecular weight is 328 g/mol. The van der Waals surface area contributed by atoms with Crippen molar-refractivity contribution in [3.8, 4) is 0 Å². The highest BCUT2D eigenvalue weighted by atomic mass is 16.5. The zero-order chi connectivity index (χ0) is 16.9. The average Bonchev–Trinajstić information content (AvgIpc) is 2.98. The van der Waals surface area contributed by atoms with E-state index in [4.69, 9.17) is 4.74 Å². The van der Waals surface area contributed by atoms with E-state index in [9.17, 15) is 4.79 Å². The van der Waals surface area contributed by atoms with Crippen molar-refractivity contribution in [1.29, 1.82) is 0 Å². The van der Waals surface area contributed by atoms with Gasteiger partial charge in [-0.05, 0) is 58.2 Å². The van der Waals surface area contributed by atoms with Crippen molar-refractivity contribution in [2.75, 3.05) is 25.1 Å². The lowest BCUT2D eigenvalue weighted by Gasteiger charge is -2.42. The molecule has 4 heteroatoms. The van der Waals surface area contributed by atoms with E-state index >= 15 is 0 Å². The van der Waals surface area contributed by atoms with Crippen molar-refractivity contribution in [3.63, 3.8) is 0 Å². The van der Waals surface area contributed by atoms with Crippen LogP contribution in [0.25, 0.3) is 0 Å². The van der Waals surface area contributed by atoms with Crippen LogP contribution in [0.15, 0.2) is 24.3 Å². The first-order chi connectivity index (χ1) is 11.5. The second-order valence-corrected chi connectivity index (χ2v) is 7.87. The van der Waals surface area contributed by atoms with E-state index in [2.05, 4.69) is 35.0 Å². The summed E-state index contributed by atoms with van der Waals surface area (Å²) in [5.41, 5.74) is 1.83. The van der Waals surface area contributed by atoms with E-state index < -0.39 is 5.41 Å². The summed E-state index contributed by atoms with van der Waals surface area (Å²) in [5, 5.41) is 0. The van der Waals surface area contributed by atoms with Crippen LogP contribution in [0.3, 0.4) is 0 Å². The van der Waals surface area contributed by atoms with Gasteiger partial charge in [-0.1, -0.05) is 18.2 Å². The summed E-state index contributed by atoms with van der Waals surface area (Å²) in [6, 6.07) is 10.4. The fourth-order valence-corrected chi connectivity index (χ4v) is 5.13.